The van der Waals surface area contributed by atoms with Gasteiger partial charge in [0.05, 0.1) is 26.0 Å². The van der Waals surface area contributed by atoms with Gasteiger partial charge in [-0.1, -0.05) is 13.8 Å². The third-order valence-corrected chi connectivity index (χ3v) is 6.81. The van der Waals surface area contributed by atoms with Crippen molar-refractivity contribution in [3.05, 3.63) is 39.4 Å². The monoisotopic (exact) mass is 474 g/mol. The number of aromatic nitrogens is 2. The first-order valence-corrected chi connectivity index (χ1v) is 11.6. The molecule has 34 heavy (non-hydrogen) atoms. The summed E-state index contributed by atoms with van der Waals surface area (Å²) in [5, 5.41) is 0. The molecule has 8 nitrogen and oxygen atoms in total. The van der Waals surface area contributed by atoms with Crippen LogP contribution in [-0.2, 0) is 9.47 Å². The molecule has 0 aromatic carbocycles. The number of nitrogens with zero attached hydrogens (tertiary/aromatic N) is 2. The summed E-state index contributed by atoms with van der Waals surface area (Å²) >= 11 is 0. The van der Waals surface area contributed by atoms with Crippen LogP contribution in [0.1, 0.15) is 67.9 Å². The molecule has 0 bridgehead atoms. The zero-order chi connectivity index (χ0) is 24.6. The van der Waals surface area contributed by atoms with Crippen molar-refractivity contribution >= 4 is 5.97 Å². The average molecular weight is 475 g/mol. The second kappa shape index (κ2) is 9.37. The van der Waals surface area contributed by atoms with Gasteiger partial charge in [-0.15, -0.1) is 0 Å². The Morgan fingerprint density at radius 2 is 2.06 bits per heavy atom. The molecule has 2 aliphatic rings. The molecule has 4 rings (SSSR count). The third kappa shape index (κ3) is 3.96. The Morgan fingerprint density at radius 3 is 2.74 bits per heavy atom. The van der Waals surface area contributed by atoms with E-state index in [0.717, 1.165) is 18.4 Å². The second-order valence-electron chi connectivity index (χ2n) is 9.37. The standard InChI is InChI=1S/C25H31FN2O6/c1-6-33-24(30)16-13-28-20(18(26)21(16)29)19-15(14-8-9-25(2,3)22(14)28)12-17(23(27-19)32-5)34-11-7-10-31-4/h12-14,22H,6-11H2,1-5H3. The lowest BCUT2D eigenvalue weighted by Gasteiger charge is -2.39. The van der Waals surface area contributed by atoms with E-state index in [4.69, 9.17) is 18.9 Å². The number of hydrogen-bond acceptors (Lipinski definition) is 7. The highest BCUT2D eigenvalue weighted by Crippen LogP contribution is 2.59. The van der Waals surface area contributed by atoms with Crippen LogP contribution in [0.4, 0.5) is 4.39 Å². The van der Waals surface area contributed by atoms with Gasteiger partial charge in [0.2, 0.25) is 5.43 Å². The Labute approximate surface area is 198 Å². The summed E-state index contributed by atoms with van der Waals surface area (Å²) in [4.78, 5) is 29.9. The van der Waals surface area contributed by atoms with Crippen molar-refractivity contribution in [2.45, 2.75) is 52.0 Å². The Morgan fingerprint density at radius 1 is 1.29 bits per heavy atom. The normalized spacial score (nSPS) is 19.7. The molecule has 2 aromatic rings. The Kier molecular flexibility index (Phi) is 6.66. The van der Waals surface area contributed by atoms with Gasteiger partial charge in [0.1, 0.15) is 11.3 Å². The molecule has 0 spiro atoms. The fourth-order valence-corrected chi connectivity index (χ4v) is 5.27. The zero-order valence-electron chi connectivity index (χ0n) is 20.3. The molecule has 2 atom stereocenters. The number of carbonyl (C=O) groups is 1. The summed E-state index contributed by atoms with van der Waals surface area (Å²) in [6, 6.07) is 1.69. The van der Waals surface area contributed by atoms with Crippen molar-refractivity contribution < 1.29 is 28.1 Å². The van der Waals surface area contributed by atoms with Crippen LogP contribution >= 0.6 is 0 Å². The predicted molar refractivity (Wildman–Crippen MR) is 123 cm³/mol. The van der Waals surface area contributed by atoms with E-state index in [1.165, 1.54) is 13.3 Å². The van der Waals surface area contributed by atoms with Crippen LogP contribution < -0.4 is 14.9 Å². The summed E-state index contributed by atoms with van der Waals surface area (Å²) in [6.45, 7) is 6.94. The topological polar surface area (TPSA) is 88.9 Å². The van der Waals surface area contributed by atoms with E-state index in [1.54, 1.807) is 18.6 Å². The molecule has 3 heterocycles. The van der Waals surface area contributed by atoms with Crippen LogP contribution in [0, 0.1) is 11.2 Å². The number of ether oxygens (including phenoxy) is 4. The molecule has 1 aliphatic heterocycles. The minimum Gasteiger partial charge on any atom is -0.488 e. The highest BCUT2D eigenvalue weighted by Gasteiger charge is 2.49. The van der Waals surface area contributed by atoms with Crippen LogP contribution in [0.2, 0.25) is 0 Å². The molecule has 0 N–H and O–H groups in total. The molecular formula is C25H31FN2O6. The van der Waals surface area contributed by atoms with Gasteiger partial charge in [0.25, 0.3) is 5.88 Å². The molecule has 9 heteroatoms. The van der Waals surface area contributed by atoms with Crippen molar-refractivity contribution in [2.24, 2.45) is 5.41 Å². The number of halogens is 1. The zero-order valence-corrected chi connectivity index (χ0v) is 20.3. The van der Waals surface area contributed by atoms with E-state index in [-0.39, 0.29) is 41.1 Å². The molecule has 1 saturated carbocycles. The van der Waals surface area contributed by atoms with E-state index in [0.29, 0.717) is 31.1 Å². The Hall–Kier alpha value is -2.94. The van der Waals surface area contributed by atoms with E-state index >= 15 is 4.39 Å². The van der Waals surface area contributed by atoms with Gasteiger partial charge in [0.15, 0.2) is 11.6 Å². The van der Waals surface area contributed by atoms with Gasteiger partial charge < -0.3 is 23.5 Å². The number of pyridine rings is 2. The molecule has 0 radical (unpaired) electrons. The molecule has 2 aromatic heterocycles. The molecule has 0 saturated heterocycles. The van der Waals surface area contributed by atoms with Gasteiger partial charge in [-0.05, 0) is 36.8 Å². The Bertz CT molecular complexity index is 1160. The lowest BCUT2D eigenvalue weighted by Crippen LogP contribution is -2.34. The molecule has 1 fully saturated rings. The van der Waals surface area contributed by atoms with Crippen molar-refractivity contribution in [3.8, 4) is 23.0 Å². The van der Waals surface area contributed by atoms with Gasteiger partial charge in [-0.2, -0.15) is 0 Å². The lowest BCUT2D eigenvalue weighted by atomic mass is 9.79. The number of rotatable bonds is 8. The molecule has 1 aliphatic carbocycles. The summed E-state index contributed by atoms with van der Waals surface area (Å²) in [5.41, 5.74) is -0.285. The van der Waals surface area contributed by atoms with Crippen LogP contribution in [0.5, 0.6) is 11.6 Å². The SMILES string of the molecule is CCOC(=O)c1cn2c(c(F)c1=O)-c1nc(OC)c(OCCCOC)cc1C1CCC(C)(C)C12. The minimum absolute atomic E-state index is 0.00850. The second-order valence-corrected chi connectivity index (χ2v) is 9.37. The maximum Gasteiger partial charge on any atom is 0.343 e. The first kappa shape index (κ1) is 24.2. The van der Waals surface area contributed by atoms with Crippen molar-refractivity contribution in [1.29, 1.82) is 0 Å². The van der Waals surface area contributed by atoms with Crippen molar-refractivity contribution in [2.75, 3.05) is 34.0 Å². The summed E-state index contributed by atoms with van der Waals surface area (Å²) in [7, 11) is 3.10. The number of hydrogen-bond donors (Lipinski definition) is 0. The molecular weight excluding hydrogens is 443 g/mol. The van der Waals surface area contributed by atoms with Gasteiger partial charge >= 0.3 is 5.97 Å². The summed E-state index contributed by atoms with van der Waals surface area (Å²) < 4.78 is 38.9. The quantitative estimate of drug-likeness (QED) is 0.420. The highest BCUT2D eigenvalue weighted by molar-refractivity contribution is 5.89. The van der Waals surface area contributed by atoms with E-state index in [9.17, 15) is 9.59 Å². The predicted octanol–water partition coefficient (Wildman–Crippen LogP) is 4.11. The number of esters is 1. The molecule has 2 unspecified atom stereocenters. The molecule has 184 valence electrons. The van der Waals surface area contributed by atoms with Crippen molar-refractivity contribution in [1.82, 2.24) is 9.55 Å². The summed E-state index contributed by atoms with van der Waals surface area (Å²) in [5.74, 6) is -1.16. The van der Waals surface area contributed by atoms with Crippen LogP contribution in [0.15, 0.2) is 17.1 Å². The minimum atomic E-state index is -1.02. The van der Waals surface area contributed by atoms with Gasteiger partial charge in [-0.3, -0.25) is 4.79 Å². The Balaban J connectivity index is 1.92. The van der Waals surface area contributed by atoms with Crippen LogP contribution in [0.3, 0.4) is 0 Å². The first-order valence-electron chi connectivity index (χ1n) is 11.6. The third-order valence-electron chi connectivity index (χ3n) is 6.81. The van der Waals surface area contributed by atoms with E-state index in [1.807, 2.05) is 6.07 Å². The maximum atomic E-state index is 15.7. The van der Waals surface area contributed by atoms with Crippen molar-refractivity contribution in [3.63, 3.8) is 0 Å². The largest absolute Gasteiger partial charge is 0.488 e. The fraction of sp³-hybridized carbons (Fsp3) is 0.560. The fourth-order valence-electron chi connectivity index (χ4n) is 5.27. The number of carbonyl (C=O) groups excluding carboxylic acids is 1. The maximum absolute atomic E-state index is 15.7. The van der Waals surface area contributed by atoms with E-state index < -0.39 is 17.2 Å². The summed E-state index contributed by atoms with van der Waals surface area (Å²) in [6.07, 6.45) is 3.87. The average Bonchev–Trinajstić information content (AvgIpc) is 3.13. The smallest absolute Gasteiger partial charge is 0.343 e. The number of methoxy groups -OCH3 is 2. The molecule has 0 amide bonds. The van der Waals surface area contributed by atoms with Crippen LogP contribution in [0.25, 0.3) is 11.4 Å². The van der Waals surface area contributed by atoms with Gasteiger partial charge in [0, 0.05) is 38.3 Å². The van der Waals surface area contributed by atoms with E-state index in [2.05, 4.69) is 18.8 Å². The number of fused-ring (bicyclic) bond motifs is 6. The van der Waals surface area contributed by atoms with Gasteiger partial charge in [-0.25, -0.2) is 14.2 Å². The first-order chi connectivity index (χ1) is 16.2. The van der Waals surface area contributed by atoms with Crippen LogP contribution in [-0.4, -0.2) is 49.6 Å². The highest BCUT2D eigenvalue weighted by atomic mass is 19.1. The lowest BCUT2D eigenvalue weighted by molar-refractivity contribution is 0.0522.